The summed E-state index contributed by atoms with van der Waals surface area (Å²) in [5.74, 6) is 1.31. The van der Waals surface area contributed by atoms with Gasteiger partial charge in [-0.1, -0.05) is 40.7 Å². The van der Waals surface area contributed by atoms with Gasteiger partial charge in [-0.3, -0.25) is 4.79 Å². The van der Waals surface area contributed by atoms with E-state index in [1.165, 1.54) is 12.8 Å². The van der Waals surface area contributed by atoms with Crippen LogP contribution in [-0.2, 0) is 0 Å². The SMILES string of the molecule is O=C(c1ccc2noc(-c3ccccc3)c2c1)N1CCC(n2cc(C3CC3)nn2)C1. The minimum Gasteiger partial charge on any atom is -0.355 e. The van der Waals surface area contributed by atoms with Crippen molar-refractivity contribution in [3.8, 4) is 11.3 Å². The molecule has 1 amide bonds. The zero-order chi connectivity index (χ0) is 20.1. The maximum absolute atomic E-state index is 13.2. The third-order valence-corrected chi connectivity index (χ3v) is 6.11. The van der Waals surface area contributed by atoms with Crippen molar-refractivity contribution in [2.75, 3.05) is 13.1 Å². The zero-order valence-corrected chi connectivity index (χ0v) is 16.4. The topological polar surface area (TPSA) is 77.0 Å². The molecule has 3 heterocycles. The summed E-state index contributed by atoms with van der Waals surface area (Å²) in [7, 11) is 0. The Balaban J connectivity index is 1.24. The molecule has 1 aliphatic carbocycles. The highest BCUT2D eigenvalue weighted by atomic mass is 16.5. The van der Waals surface area contributed by atoms with E-state index < -0.39 is 0 Å². The van der Waals surface area contributed by atoms with Gasteiger partial charge in [0.25, 0.3) is 5.91 Å². The number of aromatic nitrogens is 4. The molecule has 0 radical (unpaired) electrons. The molecular weight excluding hydrogens is 378 g/mol. The van der Waals surface area contributed by atoms with Gasteiger partial charge in [0.2, 0.25) is 0 Å². The van der Waals surface area contributed by atoms with Crippen LogP contribution >= 0.6 is 0 Å². The third kappa shape index (κ3) is 2.98. The van der Waals surface area contributed by atoms with Crippen LogP contribution < -0.4 is 0 Å². The summed E-state index contributed by atoms with van der Waals surface area (Å²) in [4.78, 5) is 15.1. The number of carbonyl (C=O) groups excluding carboxylic acids is 1. The van der Waals surface area contributed by atoms with Crippen LogP contribution in [-0.4, -0.2) is 44.0 Å². The first-order valence-corrected chi connectivity index (χ1v) is 10.4. The fourth-order valence-corrected chi connectivity index (χ4v) is 4.23. The Hall–Kier alpha value is -3.48. The Morgan fingerprint density at radius 1 is 1.07 bits per heavy atom. The summed E-state index contributed by atoms with van der Waals surface area (Å²) in [6.45, 7) is 1.37. The van der Waals surface area contributed by atoms with Gasteiger partial charge >= 0.3 is 0 Å². The predicted molar refractivity (Wildman–Crippen MR) is 111 cm³/mol. The molecule has 30 heavy (non-hydrogen) atoms. The summed E-state index contributed by atoms with van der Waals surface area (Å²) >= 11 is 0. The van der Waals surface area contributed by atoms with Gasteiger partial charge in [0.05, 0.1) is 17.1 Å². The van der Waals surface area contributed by atoms with E-state index >= 15 is 0 Å². The second-order valence-corrected chi connectivity index (χ2v) is 8.20. The molecule has 1 atom stereocenters. The minimum atomic E-state index is 0.0298. The quantitative estimate of drug-likeness (QED) is 0.517. The predicted octanol–water partition coefficient (Wildman–Crippen LogP) is 4.05. The van der Waals surface area contributed by atoms with Crippen LogP contribution in [0.5, 0.6) is 0 Å². The largest absolute Gasteiger partial charge is 0.355 e. The van der Waals surface area contributed by atoms with Crippen LogP contribution in [0.2, 0.25) is 0 Å². The van der Waals surface area contributed by atoms with Crippen LogP contribution in [0.15, 0.2) is 59.3 Å². The van der Waals surface area contributed by atoms with Crippen LogP contribution in [0.25, 0.3) is 22.2 Å². The second kappa shape index (κ2) is 6.79. The average Bonchev–Trinajstić information content (AvgIpc) is 3.20. The molecule has 0 bridgehead atoms. The average molecular weight is 399 g/mol. The van der Waals surface area contributed by atoms with Gasteiger partial charge < -0.3 is 9.42 Å². The maximum Gasteiger partial charge on any atom is 0.253 e. The molecule has 2 fully saturated rings. The highest BCUT2D eigenvalue weighted by Crippen LogP contribution is 2.39. The molecule has 1 saturated heterocycles. The smallest absolute Gasteiger partial charge is 0.253 e. The zero-order valence-electron chi connectivity index (χ0n) is 16.4. The molecule has 7 nitrogen and oxygen atoms in total. The number of likely N-dealkylation sites (tertiary alicyclic amines) is 1. The van der Waals surface area contributed by atoms with Gasteiger partial charge in [-0.15, -0.1) is 5.10 Å². The highest BCUT2D eigenvalue weighted by molar-refractivity contribution is 6.01. The van der Waals surface area contributed by atoms with Crippen LogP contribution in [0.3, 0.4) is 0 Å². The maximum atomic E-state index is 13.2. The summed E-state index contributed by atoms with van der Waals surface area (Å²) in [5.41, 5.74) is 3.44. The van der Waals surface area contributed by atoms with E-state index in [1.807, 2.05) is 58.1 Å². The van der Waals surface area contributed by atoms with Crippen LogP contribution in [0, 0.1) is 0 Å². The van der Waals surface area contributed by atoms with Gasteiger partial charge in [0.1, 0.15) is 5.52 Å². The number of hydrogen-bond acceptors (Lipinski definition) is 5. The summed E-state index contributed by atoms with van der Waals surface area (Å²) in [5, 5.41) is 13.6. The first-order valence-electron chi connectivity index (χ1n) is 10.4. The van der Waals surface area contributed by atoms with E-state index in [-0.39, 0.29) is 11.9 Å². The Morgan fingerprint density at radius 3 is 2.77 bits per heavy atom. The fraction of sp³-hybridized carbons (Fsp3) is 0.304. The van der Waals surface area contributed by atoms with Crippen molar-refractivity contribution in [2.45, 2.75) is 31.2 Å². The van der Waals surface area contributed by atoms with Gasteiger partial charge in [-0.25, -0.2) is 4.68 Å². The van der Waals surface area contributed by atoms with Gasteiger partial charge in [0, 0.05) is 36.3 Å². The molecule has 2 aromatic carbocycles. The van der Waals surface area contributed by atoms with Crippen molar-refractivity contribution in [3.05, 3.63) is 66.0 Å². The Bertz CT molecular complexity index is 1220. The molecule has 7 heteroatoms. The lowest BCUT2D eigenvalue weighted by Gasteiger charge is -2.16. The number of amides is 1. The molecule has 1 unspecified atom stereocenters. The standard InChI is InChI=1S/C23H21N5O2/c29-23(27-11-10-18(13-27)28-14-21(24-26-28)15-6-7-15)17-8-9-20-19(12-17)22(30-25-20)16-4-2-1-3-5-16/h1-5,8-9,12,14-15,18H,6-7,10-11,13H2. The lowest BCUT2D eigenvalue weighted by atomic mass is 10.1. The second-order valence-electron chi connectivity index (χ2n) is 8.20. The van der Waals surface area contributed by atoms with Gasteiger partial charge in [0.15, 0.2) is 5.76 Å². The molecule has 0 spiro atoms. The molecule has 2 aromatic heterocycles. The van der Waals surface area contributed by atoms with E-state index in [9.17, 15) is 4.79 Å². The Morgan fingerprint density at radius 2 is 1.93 bits per heavy atom. The first-order chi connectivity index (χ1) is 14.8. The molecule has 6 rings (SSSR count). The summed E-state index contributed by atoms with van der Waals surface area (Å²) in [6, 6.07) is 15.6. The van der Waals surface area contributed by atoms with Gasteiger partial charge in [-0.2, -0.15) is 0 Å². The van der Waals surface area contributed by atoms with Crippen molar-refractivity contribution in [1.29, 1.82) is 0 Å². The Labute approximate surface area is 173 Å². The van der Waals surface area contributed by atoms with Crippen LogP contribution in [0.4, 0.5) is 0 Å². The van der Waals surface area contributed by atoms with Crippen molar-refractivity contribution in [3.63, 3.8) is 0 Å². The van der Waals surface area contributed by atoms with E-state index in [0.29, 0.717) is 23.8 Å². The van der Waals surface area contributed by atoms with Crippen molar-refractivity contribution >= 4 is 16.8 Å². The molecule has 1 aliphatic heterocycles. The normalized spacial score (nSPS) is 18.9. The van der Waals surface area contributed by atoms with Crippen molar-refractivity contribution in [2.24, 2.45) is 0 Å². The molecule has 2 aliphatic rings. The van der Waals surface area contributed by atoms with E-state index in [2.05, 4.69) is 21.7 Å². The number of benzene rings is 2. The molecular formula is C23H21N5O2. The molecule has 1 saturated carbocycles. The lowest BCUT2D eigenvalue weighted by molar-refractivity contribution is 0.0787. The van der Waals surface area contributed by atoms with Crippen LogP contribution in [0.1, 0.15) is 47.3 Å². The summed E-state index contributed by atoms with van der Waals surface area (Å²) in [6.07, 6.45) is 5.38. The lowest BCUT2D eigenvalue weighted by Crippen LogP contribution is -2.29. The van der Waals surface area contributed by atoms with E-state index in [1.54, 1.807) is 0 Å². The summed E-state index contributed by atoms with van der Waals surface area (Å²) < 4.78 is 7.51. The number of nitrogens with zero attached hydrogens (tertiary/aromatic N) is 5. The third-order valence-electron chi connectivity index (χ3n) is 6.11. The van der Waals surface area contributed by atoms with Crippen molar-refractivity contribution in [1.82, 2.24) is 25.1 Å². The monoisotopic (exact) mass is 399 g/mol. The fourth-order valence-electron chi connectivity index (χ4n) is 4.23. The number of fused-ring (bicyclic) bond motifs is 1. The van der Waals surface area contributed by atoms with E-state index in [4.69, 9.17) is 4.52 Å². The van der Waals surface area contributed by atoms with E-state index in [0.717, 1.165) is 35.1 Å². The first kappa shape index (κ1) is 17.4. The number of rotatable bonds is 4. The van der Waals surface area contributed by atoms with Gasteiger partial charge in [-0.05, 0) is 37.5 Å². The van der Waals surface area contributed by atoms with Crippen molar-refractivity contribution < 1.29 is 9.32 Å². The molecule has 150 valence electrons. The number of carbonyl (C=O) groups is 1. The molecule has 0 N–H and O–H groups in total. The molecule has 4 aromatic rings. The minimum absolute atomic E-state index is 0.0298. The Kier molecular flexibility index (Phi) is 3.94. The highest BCUT2D eigenvalue weighted by Gasteiger charge is 2.31. The number of hydrogen-bond donors (Lipinski definition) is 0.